The molecule has 0 aliphatic heterocycles. The molecule has 0 unspecified atom stereocenters. The van der Waals surface area contributed by atoms with Crippen molar-refractivity contribution in [1.82, 2.24) is 0 Å². The molecule has 4 aromatic heterocycles. The Hall–Kier alpha value is -0.460. The standard InChI is InChI=1S/C26H31BrS4/c1-3-5-7-9-11-18-13-20(28-17-18)22-15-24-25(29-22)16-23(30-24)21-14-19(26(27)31-21)12-10-8-6-4-2/h13-17H,3-12H2,1-2H3. The van der Waals surface area contributed by atoms with Crippen molar-refractivity contribution in [2.24, 2.45) is 0 Å². The van der Waals surface area contributed by atoms with Crippen LogP contribution in [0.15, 0.2) is 33.4 Å². The van der Waals surface area contributed by atoms with Crippen LogP contribution >= 0.6 is 61.3 Å². The zero-order valence-electron chi connectivity index (χ0n) is 18.5. The monoisotopic (exact) mass is 550 g/mol. The largest absolute Gasteiger partial charge is 0.143 e. The predicted molar refractivity (Wildman–Crippen MR) is 150 cm³/mol. The van der Waals surface area contributed by atoms with Gasteiger partial charge in [0.05, 0.1) is 3.79 Å². The molecule has 0 aromatic carbocycles. The fourth-order valence-corrected chi connectivity index (χ4v) is 9.19. The average Bonchev–Trinajstić information content (AvgIpc) is 3.51. The van der Waals surface area contributed by atoms with Crippen LogP contribution in [0, 0.1) is 0 Å². The van der Waals surface area contributed by atoms with Gasteiger partial charge in [-0.25, -0.2) is 0 Å². The van der Waals surface area contributed by atoms with Crippen LogP contribution < -0.4 is 0 Å². The van der Waals surface area contributed by atoms with Crippen molar-refractivity contribution < 1.29 is 0 Å². The SMILES string of the molecule is CCCCCCc1csc(-c2cc3sc(-c4cc(CCCCCC)c(Br)s4)cc3s2)c1. The number of halogens is 1. The second-order valence-electron chi connectivity index (χ2n) is 8.30. The first kappa shape index (κ1) is 23.7. The molecule has 0 saturated carbocycles. The summed E-state index contributed by atoms with van der Waals surface area (Å²) in [7, 11) is 0. The molecule has 166 valence electrons. The lowest BCUT2D eigenvalue weighted by Crippen LogP contribution is -1.83. The third-order valence-electron chi connectivity index (χ3n) is 5.72. The Labute approximate surface area is 211 Å². The number of rotatable bonds is 12. The van der Waals surface area contributed by atoms with Crippen LogP contribution in [0.5, 0.6) is 0 Å². The number of hydrogen-bond acceptors (Lipinski definition) is 4. The molecule has 0 nitrogen and oxygen atoms in total. The summed E-state index contributed by atoms with van der Waals surface area (Å²) in [6.07, 6.45) is 13.1. The summed E-state index contributed by atoms with van der Waals surface area (Å²) >= 11 is 11.5. The first-order valence-corrected chi connectivity index (χ1v) is 15.7. The zero-order valence-corrected chi connectivity index (χ0v) is 23.3. The van der Waals surface area contributed by atoms with Crippen molar-refractivity contribution in [2.45, 2.75) is 78.1 Å². The van der Waals surface area contributed by atoms with Gasteiger partial charge in [-0.2, -0.15) is 0 Å². The Morgan fingerprint density at radius 2 is 1.26 bits per heavy atom. The molecule has 4 aromatic rings. The Morgan fingerprint density at radius 3 is 1.94 bits per heavy atom. The number of thiophene rings is 4. The van der Waals surface area contributed by atoms with E-state index in [1.807, 2.05) is 45.3 Å². The minimum absolute atomic E-state index is 1.19. The van der Waals surface area contributed by atoms with Crippen LogP contribution in [0.1, 0.15) is 76.3 Å². The lowest BCUT2D eigenvalue weighted by Gasteiger charge is -1.98. The first-order chi connectivity index (χ1) is 15.2. The molecule has 0 atom stereocenters. The van der Waals surface area contributed by atoms with E-state index in [1.165, 1.54) is 108 Å². The Kier molecular flexibility index (Phi) is 8.87. The highest BCUT2D eigenvalue weighted by Gasteiger charge is 2.14. The van der Waals surface area contributed by atoms with Crippen LogP contribution in [0.4, 0.5) is 0 Å². The topological polar surface area (TPSA) is 0 Å². The molecule has 0 saturated heterocycles. The van der Waals surface area contributed by atoms with Gasteiger partial charge in [0.1, 0.15) is 0 Å². The zero-order chi connectivity index (χ0) is 21.6. The number of unbranched alkanes of at least 4 members (excludes halogenated alkanes) is 6. The fourth-order valence-electron chi connectivity index (χ4n) is 3.91. The van der Waals surface area contributed by atoms with E-state index in [2.05, 4.69) is 59.4 Å². The third-order valence-corrected chi connectivity index (χ3v) is 11.3. The van der Waals surface area contributed by atoms with Gasteiger partial charge in [0, 0.05) is 28.9 Å². The average molecular weight is 552 g/mol. The third kappa shape index (κ3) is 6.11. The van der Waals surface area contributed by atoms with Gasteiger partial charge in [-0.05, 0) is 82.4 Å². The normalized spacial score (nSPS) is 11.7. The van der Waals surface area contributed by atoms with Gasteiger partial charge >= 0.3 is 0 Å². The van der Waals surface area contributed by atoms with Gasteiger partial charge in [-0.3, -0.25) is 0 Å². The molecule has 0 aliphatic carbocycles. The summed E-state index contributed by atoms with van der Waals surface area (Å²) in [5.41, 5.74) is 3.00. The van der Waals surface area contributed by atoms with Gasteiger partial charge in [0.2, 0.25) is 0 Å². The first-order valence-electron chi connectivity index (χ1n) is 11.6. The summed E-state index contributed by atoms with van der Waals surface area (Å²) in [5.74, 6) is 0. The van der Waals surface area contributed by atoms with Crippen molar-refractivity contribution in [3.05, 3.63) is 44.6 Å². The van der Waals surface area contributed by atoms with Gasteiger partial charge < -0.3 is 0 Å². The Bertz CT molecular complexity index is 1060. The van der Waals surface area contributed by atoms with Crippen molar-refractivity contribution in [3.63, 3.8) is 0 Å². The molecule has 31 heavy (non-hydrogen) atoms. The molecule has 0 bridgehead atoms. The molecule has 0 radical (unpaired) electrons. The second-order valence-corrected chi connectivity index (χ2v) is 13.7. The van der Waals surface area contributed by atoms with E-state index >= 15 is 0 Å². The molecule has 4 rings (SSSR count). The van der Waals surface area contributed by atoms with E-state index < -0.39 is 0 Å². The maximum absolute atomic E-state index is 3.82. The van der Waals surface area contributed by atoms with Crippen molar-refractivity contribution in [2.75, 3.05) is 0 Å². The molecule has 0 spiro atoms. The van der Waals surface area contributed by atoms with Crippen LogP contribution in [-0.4, -0.2) is 0 Å². The van der Waals surface area contributed by atoms with Gasteiger partial charge in [-0.1, -0.05) is 52.4 Å². The summed E-state index contributed by atoms with van der Waals surface area (Å²) in [6, 6.07) is 9.66. The van der Waals surface area contributed by atoms with Gasteiger partial charge in [0.15, 0.2) is 0 Å². The molecule has 0 N–H and O–H groups in total. The van der Waals surface area contributed by atoms with Crippen LogP contribution in [0.3, 0.4) is 0 Å². The van der Waals surface area contributed by atoms with Crippen molar-refractivity contribution in [3.8, 4) is 19.5 Å². The minimum atomic E-state index is 1.19. The highest BCUT2D eigenvalue weighted by atomic mass is 79.9. The van der Waals surface area contributed by atoms with E-state index in [0.29, 0.717) is 0 Å². The van der Waals surface area contributed by atoms with E-state index in [-0.39, 0.29) is 0 Å². The summed E-state index contributed by atoms with van der Waals surface area (Å²) in [6.45, 7) is 4.56. The second kappa shape index (κ2) is 11.6. The van der Waals surface area contributed by atoms with Crippen molar-refractivity contribution >= 4 is 70.7 Å². The van der Waals surface area contributed by atoms with E-state index in [1.54, 1.807) is 0 Å². The van der Waals surface area contributed by atoms with Crippen molar-refractivity contribution in [1.29, 1.82) is 0 Å². The van der Waals surface area contributed by atoms with E-state index in [4.69, 9.17) is 0 Å². The molecule has 4 heterocycles. The molecule has 0 amide bonds. The minimum Gasteiger partial charge on any atom is -0.143 e. The van der Waals surface area contributed by atoms with Crippen LogP contribution in [-0.2, 0) is 12.8 Å². The maximum atomic E-state index is 3.82. The molecule has 0 aliphatic rings. The van der Waals surface area contributed by atoms with Gasteiger partial charge in [0.25, 0.3) is 0 Å². The molecule has 0 fully saturated rings. The molecule has 5 heteroatoms. The molecular formula is C26H31BrS4. The Morgan fingerprint density at radius 1 is 0.645 bits per heavy atom. The van der Waals surface area contributed by atoms with Crippen LogP contribution in [0.25, 0.3) is 28.9 Å². The summed E-state index contributed by atoms with van der Waals surface area (Å²) in [5, 5.41) is 2.37. The van der Waals surface area contributed by atoms with Crippen LogP contribution in [0.2, 0.25) is 0 Å². The highest BCUT2D eigenvalue weighted by Crippen LogP contribution is 2.46. The summed E-state index contributed by atoms with van der Waals surface area (Å²) in [4.78, 5) is 5.70. The number of fused-ring (bicyclic) bond motifs is 1. The number of hydrogen-bond donors (Lipinski definition) is 0. The molecular weight excluding hydrogens is 520 g/mol. The predicted octanol–water partition coefficient (Wildman–Crippen LogP) is 11.4. The summed E-state index contributed by atoms with van der Waals surface area (Å²) < 4.78 is 4.19. The lowest BCUT2D eigenvalue weighted by atomic mass is 10.1. The smallest absolute Gasteiger partial charge is 0.0737 e. The lowest BCUT2D eigenvalue weighted by molar-refractivity contribution is 0.667. The fraction of sp³-hybridized carbons (Fsp3) is 0.462. The number of aryl methyl sites for hydroxylation is 2. The Balaban J connectivity index is 1.43. The van der Waals surface area contributed by atoms with Gasteiger partial charge in [-0.15, -0.1) is 45.3 Å². The van der Waals surface area contributed by atoms with E-state index in [0.717, 1.165) is 0 Å². The highest BCUT2D eigenvalue weighted by molar-refractivity contribution is 9.11. The quantitative estimate of drug-likeness (QED) is 0.154. The maximum Gasteiger partial charge on any atom is 0.0737 e. The van der Waals surface area contributed by atoms with E-state index in [9.17, 15) is 0 Å².